The van der Waals surface area contributed by atoms with Gasteiger partial charge in [-0.05, 0) is 67.1 Å². The molecule has 36 heavy (non-hydrogen) atoms. The predicted octanol–water partition coefficient (Wildman–Crippen LogP) is 7.77. The van der Waals surface area contributed by atoms with Gasteiger partial charge in [0.1, 0.15) is 10.2 Å². The van der Waals surface area contributed by atoms with Crippen molar-refractivity contribution in [3.05, 3.63) is 92.2 Å². The highest BCUT2D eigenvalue weighted by atomic mass is 35.5. The summed E-state index contributed by atoms with van der Waals surface area (Å²) < 4.78 is 12.2. The number of amides is 2. The van der Waals surface area contributed by atoms with E-state index in [1.807, 2.05) is 0 Å². The van der Waals surface area contributed by atoms with Gasteiger partial charge in [-0.1, -0.05) is 34.8 Å². The van der Waals surface area contributed by atoms with Gasteiger partial charge in [-0.3, -0.25) is 14.4 Å². The number of ketones is 1. The van der Waals surface area contributed by atoms with Gasteiger partial charge in [0.25, 0.3) is 5.91 Å². The molecule has 5 nitrogen and oxygen atoms in total. The molecule has 0 radical (unpaired) electrons. The number of nitrogens with one attached hydrogen (secondary N) is 2. The zero-order valence-electron chi connectivity index (χ0n) is 18.3. The molecule has 0 spiro atoms. The molecule has 1 fully saturated rings. The average Bonchev–Trinajstić information content (AvgIpc) is 3.37. The largest absolute Gasteiger partial charge is 0.326 e. The third-order valence-electron chi connectivity index (χ3n) is 5.67. The van der Waals surface area contributed by atoms with Gasteiger partial charge in [-0.2, -0.15) is 0 Å². The second kappa shape index (κ2) is 10.2. The van der Waals surface area contributed by atoms with E-state index in [1.54, 1.807) is 18.2 Å². The topological polar surface area (TPSA) is 75.3 Å². The number of alkyl halides is 2. The highest BCUT2D eigenvalue weighted by Gasteiger charge is 2.67. The lowest BCUT2D eigenvalue weighted by atomic mass is 10.1. The van der Waals surface area contributed by atoms with Gasteiger partial charge in [0.15, 0.2) is 5.78 Å². The molecule has 1 aliphatic rings. The van der Waals surface area contributed by atoms with Crippen molar-refractivity contribution in [1.82, 2.24) is 0 Å². The summed E-state index contributed by atoms with van der Waals surface area (Å²) in [7, 11) is 0. The average molecular weight is 589 g/mol. The van der Waals surface area contributed by atoms with E-state index in [-0.39, 0.29) is 27.5 Å². The second-order valence-electron chi connectivity index (χ2n) is 8.22. The van der Waals surface area contributed by atoms with Gasteiger partial charge in [0.05, 0.1) is 22.2 Å². The molecule has 0 unspecified atom stereocenters. The van der Waals surface area contributed by atoms with Gasteiger partial charge < -0.3 is 10.6 Å². The number of rotatable bonds is 6. The summed E-state index contributed by atoms with van der Waals surface area (Å²) in [4.78, 5) is 37.7. The van der Waals surface area contributed by atoms with Gasteiger partial charge in [0.2, 0.25) is 5.91 Å². The van der Waals surface area contributed by atoms with Crippen LogP contribution in [0.5, 0.6) is 0 Å². The van der Waals surface area contributed by atoms with Gasteiger partial charge in [-0.15, -0.1) is 23.2 Å². The second-order valence-corrected chi connectivity index (χ2v) is 10.9. The lowest BCUT2D eigenvalue weighted by molar-refractivity contribution is -0.117. The number of carbonyl (C=O) groups is 3. The van der Waals surface area contributed by atoms with E-state index in [0.717, 1.165) is 12.1 Å². The Kier molecular flexibility index (Phi) is 7.56. The molecule has 2 N–H and O–H groups in total. The molecule has 0 heterocycles. The van der Waals surface area contributed by atoms with Crippen molar-refractivity contribution in [2.24, 2.45) is 5.92 Å². The first-order valence-electron chi connectivity index (χ1n) is 10.4. The Labute approximate surface area is 230 Å². The smallest absolute Gasteiger partial charge is 0.257 e. The van der Waals surface area contributed by atoms with Gasteiger partial charge in [-0.25, -0.2) is 4.39 Å². The van der Waals surface area contributed by atoms with Crippen molar-refractivity contribution < 1.29 is 18.8 Å². The summed E-state index contributed by atoms with van der Waals surface area (Å²) >= 11 is 31.1. The minimum atomic E-state index is -1.38. The van der Waals surface area contributed by atoms with Crippen LogP contribution in [0, 0.1) is 11.7 Å². The minimum Gasteiger partial charge on any atom is -0.326 e. The summed E-state index contributed by atoms with van der Waals surface area (Å²) in [5.41, 5.74) is 1.03. The first-order chi connectivity index (χ1) is 16.9. The molecule has 0 aromatic heterocycles. The number of hydrogen-bond acceptors (Lipinski definition) is 3. The Morgan fingerprint density at radius 3 is 2.17 bits per heavy atom. The molecule has 1 saturated carbocycles. The van der Waals surface area contributed by atoms with Crippen molar-refractivity contribution in [2.75, 3.05) is 10.6 Å². The summed E-state index contributed by atoms with van der Waals surface area (Å²) in [6.45, 7) is 1.25. The van der Waals surface area contributed by atoms with Crippen LogP contribution in [-0.4, -0.2) is 21.9 Å². The molecular formula is C25H16Cl5FN2O3. The number of anilines is 2. The highest BCUT2D eigenvalue weighted by molar-refractivity contribution is 6.53. The normalized spacial score (nSPS) is 17.9. The fourth-order valence-electron chi connectivity index (χ4n) is 3.93. The first-order valence-corrected chi connectivity index (χ1v) is 12.3. The van der Waals surface area contributed by atoms with Crippen molar-refractivity contribution in [1.29, 1.82) is 0 Å². The molecule has 0 aliphatic heterocycles. The maximum atomic E-state index is 13.5. The third-order valence-corrected chi connectivity index (χ3v) is 7.37. The number of hydrogen-bond donors (Lipinski definition) is 2. The van der Waals surface area contributed by atoms with Crippen LogP contribution in [0.4, 0.5) is 15.8 Å². The number of benzene rings is 3. The molecule has 186 valence electrons. The third kappa shape index (κ3) is 5.48. The molecule has 3 aromatic rings. The van der Waals surface area contributed by atoms with Crippen molar-refractivity contribution in [2.45, 2.75) is 17.2 Å². The van der Waals surface area contributed by atoms with Crippen LogP contribution in [-0.2, 0) is 4.79 Å². The molecule has 2 amide bonds. The minimum absolute atomic E-state index is 0.00499. The van der Waals surface area contributed by atoms with Crippen LogP contribution in [0.3, 0.4) is 0 Å². The van der Waals surface area contributed by atoms with Crippen LogP contribution in [0.15, 0.2) is 54.6 Å². The molecule has 1 aliphatic carbocycles. The van der Waals surface area contributed by atoms with Crippen LogP contribution in [0.1, 0.15) is 39.1 Å². The van der Waals surface area contributed by atoms with E-state index in [4.69, 9.17) is 58.0 Å². The SMILES string of the molecule is CC(=O)c1cc(F)ccc1NC(=O)c1cc(NC(=O)[C@@H]2[C@@H](c3cc(Cl)cc(Cl)c3)C2(Cl)Cl)ccc1Cl. The van der Waals surface area contributed by atoms with Crippen LogP contribution >= 0.6 is 58.0 Å². The fourth-order valence-corrected chi connectivity index (χ4v) is 5.50. The van der Waals surface area contributed by atoms with Crippen molar-refractivity contribution >= 4 is 87.0 Å². The summed E-state index contributed by atoms with van der Waals surface area (Å²) in [6, 6.07) is 12.6. The Morgan fingerprint density at radius 1 is 0.861 bits per heavy atom. The van der Waals surface area contributed by atoms with Crippen LogP contribution < -0.4 is 10.6 Å². The molecule has 4 rings (SSSR count). The van der Waals surface area contributed by atoms with Crippen LogP contribution in [0.2, 0.25) is 15.1 Å². The highest BCUT2D eigenvalue weighted by Crippen LogP contribution is 2.65. The lowest BCUT2D eigenvalue weighted by Gasteiger charge is -2.12. The zero-order valence-corrected chi connectivity index (χ0v) is 22.1. The van der Waals surface area contributed by atoms with E-state index in [9.17, 15) is 18.8 Å². The maximum Gasteiger partial charge on any atom is 0.257 e. The Bertz CT molecular complexity index is 1390. The lowest BCUT2D eigenvalue weighted by Crippen LogP contribution is -2.18. The van der Waals surface area contributed by atoms with Gasteiger partial charge >= 0.3 is 0 Å². The number of Topliss-reactive ketones (excluding diaryl/α,β-unsaturated/α-hetero) is 1. The van der Waals surface area contributed by atoms with Crippen molar-refractivity contribution in [3.8, 4) is 0 Å². The molecule has 11 heteroatoms. The molecule has 0 bridgehead atoms. The fraction of sp³-hybridized carbons (Fsp3) is 0.160. The Hall–Kier alpha value is -2.35. The molecule has 2 atom stereocenters. The Balaban J connectivity index is 1.53. The standard InChI is InChI=1S/C25H16Cl5FN2O3/c1-11(34)17-9-15(31)2-5-20(17)33-23(35)18-10-16(3-4-19(18)28)32-24(36)22-21(25(22,29)30)12-6-13(26)8-14(27)7-12/h2-10,21-22H,1H3,(H,32,36)(H,33,35)/t21-,22+/m1/s1. The van der Waals surface area contributed by atoms with E-state index in [2.05, 4.69) is 10.6 Å². The van der Waals surface area contributed by atoms with E-state index < -0.39 is 39.6 Å². The summed E-state index contributed by atoms with van der Waals surface area (Å²) in [5.74, 6) is -3.54. The van der Waals surface area contributed by atoms with Gasteiger partial charge in [0, 0.05) is 27.2 Å². The van der Waals surface area contributed by atoms with Crippen LogP contribution in [0.25, 0.3) is 0 Å². The number of carbonyl (C=O) groups excluding carboxylic acids is 3. The molecule has 0 saturated heterocycles. The summed E-state index contributed by atoms with van der Waals surface area (Å²) in [6.07, 6.45) is 0. The number of halogens is 6. The molecular weight excluding hydrogens is 573 g/mol. The summed E-state index contributed by atoms with van der Waals surface area (Å²) in [5, 5.41) is 6.11. The van der Waals surface area contributed by atoms with E-state index in [1.165, 1.54) is 31.2 Å². The monoisotopic (exact) mass is 586 g/mol. The predicted molar refractivity (Wildman–Crippen MR) is 142 cm³/mol. The molecule has 3 aromatic carbocycles. The Morgan fingerprint density at radius 2 is 1.53 bits per heavy atom. The first kappa shape index (κ1) is 26.7. The quantitative estimate of drug-likeness (QED) is 0.228. The zero-order chi connectivity index (χ0) is 26.4. The van der Waals surface area contributed by atoms with E-state index >= 15 is 0 Å². The van der Waals surface area contributed by atoms with Crippen molar-refractivity contribution in [3.63, 3.8) is 0 Å². The van der Waals surface area contributed by atoms with E-state index in [0.29, 0.717) is 15.6 Å². The maximum absolute atomic E-state index is 13.5.